The lowest BCUT2D eigenvalue weighted by Gasteiger charge is -2.14. The maximum absolute atomic E-state index is 13.2. The molecule has 0 aromatic heterocycles. The van der Waals surface area contributed by atoms with Crippen LogP contribution in [0.1, 0.15) is 40.4 Å². The normalized spacial score (nSPS) is 13.1. The summed E-state index contributed by atoms with van der Waals surface area (Å²) >= 11 is 0. The van der Waals surface area contributed by atoms with Crippen molar-refractivity contribution in [2.75, 3.05) is 21.3 Å². The number of benzene rings is 2. The zero-order chi connectivity index (χ0) is 19.6. The summed E-state index contributed by atoms with van der Waals surface area (Å²) in [7, 11) is 4.62. The second kappa shape index (κ2) is 7.70. The van der Waals surface area contributed by atoms with Crippen molar-refractivity contribution < 1.29 is 19.0 Å². The highest BCUT2D eigenvalue weighted by Crippen LogP contribution is 2.39. The lowest BCUT2D eigenvalue weighted by atomic mass is 9.94. The molecule has 0 atom stereocenters. The number of ketones is 1. The summed E-state index contributed by atoms with van der Waals surface area (Å²) in [5.74, 6) is 1.32. The molecule has 0 N–H and O–H groups in total. The second-order valence-electron chi connectivity index (χ2n) is 6.63. The number of carbonyl (C=O) groups is 1. The minimum absolute atomic E-state index is 0.0760. The van der Waals surface area contributed by atoms with Crippen molar-refractivity contribution in [1.82, 2.24) is 0 Å². The summed E-state index contributed by atoms with van der Waals surface area (Å²) in [6.07, 6.45) is 5.31. The molecule has 0 aliphatic heterocycles. The summed E-state index contributed by atoms with van der Waals surface area (Å²) < 4.78 is 16.1. The predicted octanol–water partition coefficient (Wildman–Crippen LogP) is 4.99. The topological polar surface area (TPSA) is 44.8 Å². The average molecular weight is 364 g/mol. The monoisotopic (exact) mass is 364 g/mol. The number of rotatable bonds is 6. The Hall–Kier alpha value is -3.01. The smallest absolute Gasteiger partial charge is 0.203 e. The standard InChI is InChI=1S/C23H24O4/c1-14-6-8-16(10-14)17-9-7-15(2)19(11-17)22(24)18-12-20(25-3)23(27-5)21(13-18)26-4/h7-13H,6H2,1-5H3. The second-order valence-corrected chi connectivity index (χ2v) is 6.63. The molecule has 0 heterocycles. The van der Waals surface area contributed by atoms with Gasteiger partial charge in [0.25, 0.3) is 0 Å². The van der Waals surface area contributed by atoms with Crippen LogP contribution in [0.2, 0.25) is 0 Å². The fraction of sp³-hybridized carbons (Fsp3) is 0.261. The van der Waals surface area contributed by atoms with Crippen LogP contribution >= 0.6 is 0 Å². The molecule has 0 spiro atoms. The van der Waals surface area contributed by atoms with Crippen LogP contribution in [0.3, 0.4) is 0 Å². The number of allylic oxidation sites excluding steroid dienone is 4. The third-order valence-electron chi connectivity index (χ3n) is 4.79. The molecule has 1 aliphatic carbocycles. The van der Waals surface area contributed by atoms with E-state index in [4.69, 9.17) is 14.2 Å². The van der Waals surface area contributed by atoms with Crippen LogP contribution in [-0.2, 0) is 0 Å². The first-order chi connectivity index (χ1) is 13.0. The molecule has 1 aliphatic rings. The molecule has 0 radical (unpaired) electrons. The van der Waals surface area contributed by atoms with Gasteiger partial charge in [-0.3, -0.25) is 4.79 Å². The molecule has 0 saturated carbocycles. The first-order valence-corrected chi connectivity index (χ1v) is 8.81. The van der Waals surface area contributed by atoms with Gasteiger partial charge in [0.2, 0.25) is 5.75 Å². The molecular formula is C23H24O4. The van der Waals surface area contributed by atoms with Crippen molar-refractivity contribution in [2.24, 2.45) is 0 Å². The van der Waals surface area contributed by atoms with Crippen molar-refractivity contribution in [2.45, 2.75) is 20.3 Å². The molecule has 4 heteroatoms. The molecule has 2 aromatic rings. The molecule has 27 heavy (non-hydrogen) atoms. The SMILES string of the molecule is COc1cc(C(=O)c2cc(C3=CCC(C)=C3)ccc2C)cc(OC)c1OC. The zero-order valence-electron chi connectivity index (χ0n) is 16.4. The van der Waals surface area contributed by atoms with Crippen LogP contribution in [0.4, 0.5) is 0 Å². The van der Waals surface area contributed by atoms with Gasteiger partial charge < -0.3 is 14.2 Å². The van der Waals surface area contributed by atoms with Gasteiger partial charge in [-0.05, 0) is 55.2 Å². The van der Waals surface area contributed by atoms with Crippen LogP contribution in [0.15, 0.2) is 48.1 Å². The molecular weight excluding hydrogens is 340 g/mol. The molecule has 140 valence electrons. The quantitative estimate of drug-likeness (QED) is 0.678. The molecule has 0 fully saturated rings. The molecule has 3 rings (SSSR count). The van der Waals surface area contributed by atoms with Gasteiger partial charge in [0.05, 0.1) is 21.3 Å². The number of hydrogen-bond acceptors (Lipinski definition) is 4. The van der Waals surface area contributed by atoms with Crippen LogP contribution in [0.25, 0.3) is 5.57 Å². The van der Waals surface area contributed by atoms with E-state index >= 15 is 0 Å². The molecule has 0 unspecified atom stereocenters. The molecule has 4 nitrogen and oxygen atoms in total. The van der Waals surface area contributed by atoms with E-state index in [1.54, 1.807) is 33.5 Å². The summed E-state index contributed by atoms with van der Waals surface area (Å²) in [5, 5.41) is 0. The van der Waals surface area contributed by atoms with Crippen LogP contribution < -0.4 is 14.2 Å². The van der Waals surface area contributed by atoms with Crippen molar-refractivity contribution in [1.29, 1.82) is 0 Å². The predicted molar refractivity (Wildman–Crippen MR) is 107 cm³/mol. The van der Waals surface area contributed by atoms with Gasteiger partial charge in [-0.1, -0.05) is 29.9 Å². The molecule has 2 aromatic carbocycles. The van der Waals surface area contributed by atoms with Crippen molar-refractivity contribution in [3.8, 4) is 17.2 Å². The first kappa shape index (κ1) is 18.8. The Bertz CT molecular complexity index is 926. The summed E-state index contributed by atoms with van der Waals surface area (Å²) in [6, 6.07) is 9.39. The Morgan fingerprint density at radius 1 is 0.926 bits per heavy atom. The molecule has 0 amide bonds. The highest BCUT2D eigenvalue weighted by atomic mass is 16.5. The van der Waals surface area contributed by atoms with Gasteiger partial charge in [0.15, 0.2) is 17.3 Å². The lowest BCUT2D eigenvalue weighted by molar-refractivity contribution is 0.103. The number of aryl methyl sites for hydroxylation is 1. The van der Waals surface area contributed by atoms with E-state index in [2.05, 4.69) is 25.1 Å². The van der Waals surface area contributed by atoms with Crippen LogP contribution in [0, 0.1) is 6.92 Å². The molecule has 0 bridgehead atoms. The van der Waals surface area contributed by atoms with Gasteiger partial charge in [0.1, 0.15) is 0 Å². The lowest BCUT2D eigenvalue weighted by Crippen LogP contribution is -2.06. The minimum Gasteiger partial charge on any atom is -0.493 e. The summed E-state index contributed by atoms with van der Waals surface area (Å²) in [4.78, 5) is 13.2. The maximum atomic E-state index is 13.2. The van der Waals surface area contributed by atoms with Crippen molar-refractivity contribution in [3.05, 3.63) is 70.3 Å². The van der Waals surface area contributed by atoms with E-state index in [0.29, 0.717) is 28.4 Å². The van der Waals surface area contributed by atoms with Crippen molar-refractivity contribution >= 4 is 11.4 Å². The average Bonchev–Trinajstić information content (AvgIpc) is 3.12. The highest BCUT2D eigenvalue weighted by Gasteiger charge is 2.20. The zero-order valence-corrected chi connectivity index (χ0v) is 16.4. The number of carbonyl (C=O) groups excluding carboxylic acids is 1. The Morgan fingerprint density at radius 2 is 1.59 bits per heavy atom. The van der Waals surface area contributed by atoms with E-state index in [1.807, 2.05) is 19.1 Å². The van der Waals surface area contributed by atoms with E-state index < -0.39 is 0 Å². The van der Waals surface area contributed by atoms with Crippen molar-refractivity contribution in [3.63, 3.8) is 0 Å². The van der Waals surface area contributed by atoms with Crippen LogP contribution in [-0.4, -0.2) is 27.1 Å². The Labute approximate surface area is 160 Å². The first-order valence-electron chi connectivity index (χ1n) is 8.81. The third-order valence-corrected chi connectivity index (χ3v) is 4.79. The number of hydrogen-bond donors (Lipinski definition) is 0. The summed E-state index contributed by atoms with van der Waals surface area (Å²) in [6.45, 7) is 4.05. The van der Waals surface area contributed by atoms with E-state index in [-0.39, 0.29) is 5.78 Å². The maximum Gasteiger partial charge on any atom is 0.203 e. The number of ether oxygens (including phenoxy) is 3. The fourth-order valence-electron chi connectivity index (χ4n) is 3.27. The number of methoxy groups -OCH3 is 3. The third kappa shape index (κ3) is 3.61. The van der Waals surface area contributed by atoms with E-state index in [0.717, 1.165) is 23.1 Å². The van der Waals surface area contributed by atoms with Crippen LogP contribution in [0.5, 0.6) is 17.2 Å². The fourth-order valence-corrected chi connectivity index (χ4v) is 3.27. The highest BCUT2D eigenvalue weighted by molar-refractivity contribution is 6.11. The Balaban J connectivity index is 2.06. The largest absolute Gasteiger partial charge is 0.493 e. The summed E-state index contributed by atoms with van der Waals surface area (Å²) in [5.41, 5.74) is 5.62. The van der Waals surface area contributed by atoms with Gasteiger partial charge in [-0.15, -0.1) is 0 Å². The van der Waals surface area contributed by atoms with Gasteiger partial charge in [-0.2, -0.15) is 0 Å². The Kier molecular flexibility index (Phi) is 5.36. The van der Waals surface area contributed by atoms with Gasteiger partial charge >= 0.3 is 0 Å². The van der Waals surface area contributed by atoms with E-state index in [9.17, 15) is 4.79 Å². The van der Waals surface area contributed by atoms with Gasteiger partial charge in [0, 0.05) is 11.1 Å². The van der Waals surface area contributed by atoms with Gasteiger partial charge in [-0.25, -0.2) is 0 Å². The van der Waals surface area contributed by atoms with E-state index in [1.165, 1.54) is 5.57 Å². The Morgan fingerprint density at radius 3 is 2.11 bits per heavy atom. The molecule has 0 saturated heterocycles. The minimum atomic E-state index is -0.0760.